The molecule has 1 rings (SSSR count). The van der Waals surface area contributed by atoms with Crippen molar-refractivity contribution in [1.29, 1.82) is 0 Å². The van der Waals surface area contributed by atoms with E-state index < -0.39 is 6.04 Å². The van der Waals surface area contributed by atoms with Gasteiger partial charge >= 0.3 is 0 Å². The number of carbonyl (C=O) groups is 2. The average Bonchev–Trinajstić information content (AvgIpc) is 2.37. The van der Waals surface area contributed by atoms with Gasteiger partial charge in [-0.3, -0.25) is 9.59 Å². The normalized spacial score (nSPS) is 12.3. The largest absolute Gasteiger partial charge is 0.350 e. The maximum atomic E-state index is 12.0. The molecule has 0 unspecified atom stereocenters. The van der Waals surface area contributed by atoms with Crippen LogP contribution in [0.2, 0.25) is 0 Å². The highest BCUT2D eigenvalue weighted by molar-refractivity contribution is 5.98. The number of rotatable bonds is 6. The van der Waals surface area contributed by atoms with Crippen molar-refractivity contribution in [3.05, 3.63) is 29.8 Å². The number of amides is 2. The second-order valence-corrected chi connectivity index (χ2v) is 5.93. The number of nitrogens with one attached hydrogen (secondary N) is 2. The third-order valence-electron chi connectivity index (χ3n) is 2.87. The molecule has 4 N–H and O–H groups in total. The summed E-state index contributed by atoms with van der Waals surface area (Å²) in [6.45, 7) is 7.83. The lowest BCUT2D eigenvalue weighted by Gasteiger charge is -2.15. The summed E-state index contributed by atoms with van der Waals surface area (Å²) < 4.78 is 0. The van der Waals surface area contributed by atoms with E-state index in [0.717, 1.165) is 0 Å². The molecule has 2 amide bonds. The SMILES string of the molecule is CC(C)C[C@@H](N)C(=O)Nc1cccc(C(=O)NC(C)C)c1. The van der Waals surface area contributed by atoms with Crippen molar-refractivity contribution in [2.24, 2.45) is 11.7 Å². The molecule has 1 aromatic rings. The van der Waals surface area contributed by atoms with Crippen molar-refractivity contribution in [1.82, 2.24) is 5.32 Å². The molecule has 21 heavy (non-hydrogen) atoms. The van der Waals surface area contributed by atoms with E-state index in [-0.39, 0.29) is 17.9 Å². The molecular weight excluding hydrogens is 266 g/mol. The van der Waals surface area contributed by atoms with E-state index in [1.807, 2.05) is 27.7 Å². The number of benzene rings is 1. The molecule has 0 bridgehead atoms. The summed E-state index contributed by atoms with van der Waals surface area (Å²) in [5.74, 6) is -0.0356. The maximum absolute atomic E-state index is 12.0. The van der Waals surface area contributed by atoms with Gasteiger partial charge in [-0.25, -0.2) is 0 Å². The highest BCUT2D eigenvalue weighted by Crippen LogP contribution is 2.12. The van der Waals surface area contributed by atoms with Crippen LogP contribution < -0.4 is 16.4 Å². The number of carbonyl (C=O) groups excluding carboxylic acids is 2. The minimum Gasteiger partial charge on any atom is -0.350 e. The smallest absolute Gasteiger partial charge is 0.251 e. The number of nitrogens with two attached hydrogens (primary N) is 1. The van der Waals surface area contributed by atoms with Crippen molar-refractivity contribution < 1.29 is 9.59 Å². The van der Waals surface area contributed by atoms with Crippen LogP contribution in [0.4, 0.5) is 5.69 Å². The van der Waals surface area contributed by atoms with Gasteiger partial charge < -0.3 is 16.4 Å². The first-order valence-corrected chi connectivity index (χ1v) is 7.27. The molecule has 0 aliphatic heterocycles. The zero-order valence-corrected chi connectivity index (χ0v) is 13.1. The molecule has 0 spiro atoms. The zero-order valence-electron chi connectivity index (χ0n) is 13.1. The molecule has 0 aliphatic rings. The molecule has 0 saturated carbocycles. The van der Waals surface area contributed by atoms with E-state index in [2.05, 4.69) is 10.6 Å². The van der Waals surface area contributed by atoms with Gasteiger partial charge in [-0.2, -0.15) is 0 Å². The Morgan fingerprint density at radius 3 is 2.43 bits per heavy atom. The van der Waals surface area contributed by atoms with Gasteiger partial charge in [-0.05, 0) is 44.4 Å². The molecule has 5 heteroatoms. The summed E-state index contributed by atoms with van der Waals surface area (Å²) in [7, 11) is 0. The first-order chi connectivity index (χ1) is 9.79. The Hall–Kier alpha value is -1.88. The Balaban J connectivity index is 2.72. The van der Waals surface area contributed by atoms with E-state index in [4.69, 9.17) is 5.73 Å². The summed E-state index contributed by atoms with van der Waals surface area (Å²) >= 11 is 0. The van der Waals surface area contributed by atoms with Crippen LogP contribution in [0, 0.1) is 5.92 Å². The first kappa shape index (κ1) is 17.2. The van der Waals surface area contributed by atoms with Gasteiger partial charge in [0.1, 0.15) is 0 Å². The summed E-state index contributed by atoms with van der Waals surface area (Å²) in [6.07, 6.45) is 0.624. The van der Waals surface area contributed by atoms with E-state index in [9.17, 15) is 9.59 Å². The minimum atomic E-state index is -0.543. The Labute approximate surface area is 126 Å². The van der Waals surface area contributed by atoms with Crippen molar-refractivity contribution in [2.45, 2.75) is 46.2 Å². The highest BCUT2D eigenvalue weighted by Gasteiger charge is 2.15. The van der Waals surface area contributed by atoms with Crippen molar-refractivity contribution in [3.8, 4) is 0 Å². The fourth-order valence-corrected chi connectivity index (χ4v) is 1.93. The molecule has 0 radical (unpaired) electrons. The fourth-order valence-electron chi connectivity index (χ4n) is 1.93. The van der Waals surface area contributed by atoms with E-state index in [0.29, 0.717) is 23.6 Å². The van der Waals surface area contributed by atoms with Crippen LogP contribution in [0.1, 0.15) is 44.5 Å². The maximum Gasteiger partial charge on any atom is 0.251 e. The van der Waals surface area contributed by atoms with Crippen LogP contribution in [0.15, 0.2) is 24.3 Å². The first-order valence-electron chi connectivity index (χ1n) is 7.27. The molecule has 1 aromatic carbocycles. The number of hydrogen-bond acceptors (Lipinski definition) is 3. The number of hydrogen-bond donors (Lipinski definition) is 3. The summed E-state index contributed by atoms with van der Waals surface area (Å²) in [4.78, 5) is 23.9. The second-order valence-electron chi connectivity index (χ2n) is 5.93. The lowest BCUT2D eigenvalue weighted by molar-refractivity contribution is -0.117. The van der Waals surface area contributed by atoms with Crippen LogP contribution in [-0.2, 0) is 4.79 Å². The van der Waals surface area contributed by atoms with Gasteiger partial charge in [0.05, 0.1) is 6.04 Å². The average molecular weight is 291 g/mol. The van der Waals surface area contributed by atoms with Crippen LogP contribution in [0.5, 0.6) is 0 Å². The van der Waals surface area contributed by atoms with Crippen molar-refractivity contribution >= 4 is 17.5 Å². The Kier molecular flexibility index (Phi) is 6.37. The van der Waals surface area contributed by atoms with Gasteiger partial charge in [0.25, 0.3) is 5.91 Å². The predicted octanol–water partition coefficient (Wildman–Crippen LogP) is 2.14. The van der Waals surface area contributed by atoms with E-state index in [1.54, 1.807) is 24.3 Å². The Bertz CT molecular complexity index is 498. The molecule has 116 valence electrons. The van der Waals surface area contributed by atoms with Crippen molar-refractivity contribution in [2.75, 3.05) is 5.32 Å². The number of anilines is 1. The van der Waals surface area contributed by atoms with E-state index >= 15 is 0 Å². The Morgan fingerprint density at radius 2 is 1.86 bits per heavy atom. The summed E-state index contributed by atoms with van der Waals surface area (Å²) in [5, 5.41) is 5.56. The Morgan fingerprint density at radius 1 is 1.19 bits per heavy atom. The lowest BCUT2D eigenvalue weighted by atomic mass is 10.0. The monoisotopic (exact) mass is 291 g/mol. The van der Waals surface area contributed by atoms with Gasteiger partial charge in [-0.15, -0.1) is 0 Å². The molecule has 5 nitrogen and oxygen atoms in total. The van der Waals surface area contributed by atoms with Gasteiger partial charge in [-0.1, -0.05) is 19.9 Å². The predicted molar refractivity (Wildman–Crippen MR) is 85.1 cm³/mol. The van der Waals surface area contributed by atoms with Crippen LogP contribution in [0.3, 0.4) is 0 Å². The highest BCUT2D eigenvalue weighted by atomic mass is 16.2. The summed E-state index contributed by atoms with van der Waals surface area (Å²) in [6, 6.07) is 6.36. The van der Waals surface area contributed by atoms with Gasteiger partial charge in [0, 0.05) is 17.3 Å². The third kappa shape index (κ3) is 5.95. The standard InChI is InChI=1S/C16H25N3O2/c1-10(2)8-14(17)16(21)19-13-7-5-6-12(9-13)15(20)18-11(3)4/h5-7,9-11,14H,8,17H2,1-4H3,(H,18,20)(H,19,21)/t14-/m1/s1. The molecule has 0 fully saturated rings. The second kappa shape index (κ2) is 7.78. The fraction of sp³-hybridized carbons (Fsp3) is 0.500. The molecule has 0 heterocycles. The third-order valence-corrected chi connectivity index (χ3v) is 2.87. The molecule has 1 atom stereocenters. The van der Waals surface area contributed by atoms with Crippen LogP contribution in [-0.4, -0.2) is 23.9 Å². The lowest BCUT2D eigenvalue weighted by Crippen LogP contribution is -2.36. The molecule has 0 saturated heterocycles. The quantitative estimate of drug-likeness (QED) is 0.750. The molecule has 0 aromatic heterocycles. The summed E-state index contributed by atoms with van der Waals surface area (Å²) in [5.41, 5.74) is 6.93. The van der Waals surface area contributed by atoms with Crippen LogP contribution in [0.25, 0.3) is 0 Å². The zero-order chi connectivity index (χ0) is 16.0. The van der Waals surface area contributed by atoms with Gasteiger partial charge in [0.15, 0.2) is 0 Å². The van der Waals surface area contributed by atoms with Crippen molar-refractivity contribution in [3.63, 3.8) is 0 Å². The topological polar surface area (TPSA) is 84.2 Å². The van der Waals surface area contributed by atoms with E-state index in [1.165, 1.54) is 0 Å². The van der Waals surface area contributed by atoms with Gasteiger partial charge in [0.2, 0.25) is 5.91 Å². The van der Waals surface area contributed by atoms with Crippen LogP contribution >= 0.6 is 0 Å². The minimum absolute atomic E-state index is 0.0650. The molecular formula is C16H25N3O2. The molecule has 0 aliphatic carbocycles.